The predicted molar refractivity (Wildman–Crippen MR) is 81.7 cm³/mol. The van der Waals surface area contributed by atoms with Crippen LogP contribution in [0.4, 0.5) is 5.82 Å². The van der Waals surface area contributed by atoms with Gasteiger partial charge in [-0.2, -0.15) is 0 Å². The van der Waals surface area contributed by atoms with Gasteiger partial charge in [-0.1, -0.05) is 0 Å². The molecule has 2 aromatic rings. The van der Waals surface area contributed by atoms with Crippen LogP contribution in [0.15, 0.2) is 30.5 Å². The van der Waals surface area contributed by atoms with Crippen molar-refractivity contribution in [3.8, 4) is 0 Å². The second-order valence-electron chi connectivity index (χ2n) is 4.67. The third-order valence-corrected chi connectivity index (χ3v) is 3.87. The van der Waals surface area contributed by atoms with Crippen molar-refractivity contribution in [1.82, 2.24) is 10.3 Å². The van der Waals surface area contributed by atoms with Crippen molar-refractivity contribution in [3.63, 3.8) is 0 Å². The average molecular weight is 290 g/mol. The molecule has 0 fully saturated rings. The molecular formula is C14H18N4OS. The van der Waals surface area contributed by atoms with Gasteiger partial charge in [0.15, 0.2) is 0 Å². The molecule has 0 bridgehead atoms. The van der Waals surface area contributed by atoms with Gasteiger partial charge < -0.3 is 10.7 Å². The van der Waals surface area contributed by atoms with E-state index >= 15 is 0 Å². The van der Waals surface area contributed by atoms with Gasteiger partial charge in [-0.05, 0) is 38.1 Å². The third kappa shape index (κ3) is 3.79. The van der Waals surface area contributed by atoms with Crippen LogP contribution in [-0.4, -0.2) is 16.9 Å². The molecule has 6 heteroatoms. The smallest absolute Gasteiger partial charge is 0.251 e. The van der Waals surface area contributed by atoms with Crippen molar-refractivity contribution < 1.29 is 4.79 Å². The zero-order valence-electron chi connectivity index (χ0n) is 11.5. The molecule has 1 amide bonds. The highest BCUT2D eigenvalue weighted by Crippen LogP contribution is 2.17. The lowest BCUT2D eigenvalue weighted by Crippen LogP contribution is -2.34. The lowest BCUT2D eigenvalue weighted by atomic mass is 10.2. The standard InChI is InChI=1S/C14H18N4OS/c1-9(7-12-4-3-10(2)20-12)17-14(19)11-5-6-16-13(8-11)18-15/h3-6,8-9H,7,15H2,1-2H3,(H,16,18)(H,17,19). The normalized spacial score (nSPS) is 11.9. The van der Waals surface area contributed by atoms with Crippen LogP contribution >= 0.6 is 11.3 Å². The highest BCUT2D eigenvalue weighted by molar-refractivity contribution is 7.11. The maximum atomic E-state index is 12.1. The number of aromatic nitrogens is 1. The quantitative estimate of drug-likeness (QED) is 0.582. The fourth-order valence-corrected chi connectivity index (χ4v) is 2.92. The van der Waals surface area contributed by atoms with E-state index in [4.69, 9.17) is 5.84 Å². The number of carbonyl (C=O) groups excluding carboxylic acids is 1. The number of pyridine rings is 1. The first-order valence-corrected chi connectivity index (χ1v) is 7.19. The highest BCUT2D eigenvalue weighted by atomic mass is 32.1. The van der Waals surface area contributed by atoms with E-state index in [-0.39, 0.29) is 11.9 Å². The first kappa shape index (κ1) is 14.5. The molecule has 0 spiro atoms. The fourth-order valence-electron chi connectivity index (χ4n) is 1.91. The van der Waals surface area contributed by atoms with Crippen molar-refractivity contribution in [2.45, 2.75) is 26.3 Å². The van der Waals surface area contributed by atoms with Gasteiger partial charge in [-0.3, -0.25) is 4.79 Å². The van der Waals surface area contributed by atoms with Crippen molar-refractivity contribution in [1.29, 1.82) is 0 Å². The summed E-state index contributed by atoms with van der Waals surface area (Å²) in [4.78, 5) is 18.6. The number of amides is 1. The number of carbonyl (C=O) groups is 1. The van der Waals surface area contributed by atoms with E-state index < -0.39 is 0 Å². The van der Waals surface area contributed by atoms with E-state index in [1.165, 1.54) is 9.75 Å². The van der Waals surface area contributed by atoms with Gasteiger partial charge in [0.1, 0.15) is 5.82 Å². The third-order valence-electron chi connectivity index (χ3n) is 2.85. The first-order chi connectivity index (χ1) is 9.58. The molecule has 106 valence electrons. The Morgan fingerprint density at radius 2 is 2.25 bits per heavy atom. The fraction of sp³-hybridized carbons (Fsp3) is 0.286. The molecule has 0 aliphatic heterocycles. The van der Waals surface area contributed by atoms with Crippen molar-refractivity contribution in [2.24, 2.45) is 5.84 Å². The molecule has 5 nitrogen and oxygen atoms in total. The Balaban J connectivity index is 1.96. The highest BCUT2D eigenvalue weighted by Gasteiger charge is 2.11. The minimum atomic E-state index is -0.121. The Bertz CT molecular complexity index is 596. The summed E-state index contributed by atoms with van der Waals surface area (Å²) in [6.07, 6.45) is 2.38. The van der Waals surface area contributed by atoms with Gasteiger partial charge in [0.25, 0.3) is 5.91 Å². The van der Waals surface area contributed by atoms with Crippen molar-refractivity contribution in [3.05, 3.63) is 45.8 Å². The molecule has 4 N–H and O–H groups in total. The second-order valence-corrected chi connectivity index (χ2v) is 6.04. The van der Waals surface area contributed by atoms with E-state index in [9.17, 15) is 4.79 Å². The molecule has 0 saturated carbocycles. The minimum Gasteiger partial charge on any atom is -0.349 e. The van der Waals surface area contributed by atoms with Crippen LogP contribution in [0.1, 0.15) is 27.0 Å². The Kier molecular flexibility index (Phi) is 4.70. The Morgan fingerprint density at radius 1 is 1.45 bits per heavy atom. The molecule has 2 heterocycles. The summed E-state index contributed by atoms with van der Waals surface area (Å²) in [6.45, 7) is 4.08. The molecule has 0 aromatic carbocycles. The monoisotopic (exact) mass is 290 g/mol. The van der Waals surface area contributed by atoms with Gasteiger partial charge in [0.2, 0.25) is 0 Å². The first-order valence-electron chi connectivity index (χ1n) is 6.37. The number of rotatable bonds is 5. The van der Waals surface area contributed by atoms with E-state index in [0.29, 0.717) is 11.4 Å². The number of thiophene rings is 1. The average Bonchev–Trinajstić information content (AvgIpc) is 2.83. The van der Waals surface area contributed by atoms with Crippen LogP contribution in [0, 0.1) is 6.92 Å². The SMILES string of the molecule is Cc1ccc(CC(C)NC(=O)c2ccnc(NN)c2)s1. The van der Waals surface area contributed by atoms with E-state index in [2.05, 4.69) is 34.8 Å². The number of nitrogens with one attached hydrogen (secondary N) is 2. The number of aryl methyl sites for hydroxylation is 1. The summed E-state index contributed by atoms with van der Waals surface area (Å²) in [6, 6.07) is 7.56. The van der Waals surface area contributed by atoms with Crippen LogP contribution in [-0.2, 0) is 6.42 Å². The lowest BCUT2D eigenvalue weighted by molar-refractivity contribution is 0.0940. The van der Waals surface area contributed by atoms with Gasteiger partial charge in [0.05, 0.1) is 0 Å². The van der Waals surface area contributed by atoms with Crippen LogP contribution in [0.3, 0.4) is 0 Å². The summed E-state index contributed by atoms with van der Waals surface area (Å²) in [7, 11) is 0. The Hall–Kier alpha value is -1.92. The Labute approximate surface area is 122 Å². The van der Waals surface area contributed by atoms with Gasteiger partial charge >= 0.3 is 0 Å². The largest absolute Gasteiger partial charge is 0.349 e. The zero-order chi connectivity index (χ0) is 14.5. The molecule has 2 aromatic heterocycles. The second kappa shape index (κ2) is 6.49. The number of nitrogen functional groups attached to an aromatic ring is 1. The summed E-state index contributed by atoms with van der Waals surface area (Å²) in [5.74, 6) is 5.63. The maximum Gasteiger partial charge on any atom is 0.251 e. The zero-order valence-corrected chi connectivity index (χ0v) is 12.3. The summed E-state index contributed by atoms with van der Waals surface area (Å²) >= 11 is 1.76. The van der Waals surface area contributed by atoms with E-state index in [0.717, 1.165) is 6.42 Å². The summed E-state index contributed by atoms with van der Waals surface area (Å²) < 4.78 is 0. The number of nitrogens with zero attached hydrogens (tertiary/aromatic N) is 1. The molecule has 0 aliphatic rings. The van der Waals surface area contributed by atoms with Crippen LogP contribution in [0.5, 0.6) is 0 Å². The van der Waals surface area contributed by atoms with Crippen molar-refractivity contribution >= 4 is 23.1 Å². The van der Waals surface area contributed by atoms with E-state index in [1.807, 2.05) is 6.92 Å². The minimum absolute atomic E-state index is 0.0722. The number of hydrogen-bond donors (Lipinski definition) is 3. The number of anilines is 1. The number of hydrogen-bond acceptors (Lipinski definition) is 5. The predicted octanol–water partition coefficient (Wildman–Crippen LogP) is 2.10. The number of hydrazine groups is 1. The van der Waals surface area contributed by atoms with Crippen LogP contribution < -0.4 is 16.6 Å². The van der Waals surface area contributed by atoms with Crippen LogP contribution in [0.2, 0.25) is 0 Å². The number of nitrogens with two attached hydrogens (primary N) is 1. The molecule has 0 aliphatic carbocycles. The molecule has 1 unspecified atom stereocenters. The molecule has 0 radical (unpaired) electrons. The van der Waals surface area contributed by atoms with Gasteiger partial charge in [-0.25, -0.2) is 10.8 Å². The lowest BCUT2D eigenvalue weighted by Gasteiger charge is -2.13. The molecule has 2 rings (SSSR count). The summed E-state index contributed by atoms with van der Waals surface area (Å²) in [5, 5.41) is 2.98. The molecule has 20 heavy (non-hydrogen) atoms. The Morgan fingerprint density at radius 3 is 2.90 bits per heavy atom. The topological polar surface area (TPSA) is 80.0 Å². The van der Waals surface area contributed by atoms with E-state index in [1.54, 1.807) is 29.7 Å². The van der Waals surface area contributed by atoms with Crippen molar-refractivity contribution in [2.75, 3.05) is 5.43 Å². The molecular weight excluding hydrogens is 272 g/mol. The molecule has 1 atom stereocenters. The molecule has 0 saturated heterocycles. The summed E-state index contributed by atoms with van der Waals surface area (Å²) in [5.41, 5.74) is 2.97. The van der Waals surface area contributed by atoms with Gasteiger partial charge in [-0.15, -0.1) is 11.3 Å². The maximum absolute atomic E-state index is 12.1. The van der Waals surface area contributed by atoms with Gasteiger partial charge in [0, 0.05) is 34.0 Å². The van der Waals surface area contributed by atoms with Crippen LogP contribution in [0.25, 0.3) is 0 Å².